The van der Waals surface area contributed by atoms with Crippen molar-refractivity contribution < 1.29 is 14.6 Å². The van der Waals surface area contributed by atoms with Gasteiger partial charge < -0.3 is 19.9 Å². The zero-order valence-electron chi connectivity index (χ0n) is 13.2. The monoisotopic (exact) mass is 301 g/mol. The molecule has 2 aliphatic rings. The van der Waals surface area contributed by atoms with Gasteiger partial charge in [-0.25, -0.2) is 0 Å². The highest BCUT2D eigenvalue weighted by Gasteiger charge is 2.25. The predicted octanol–water partition coefficient (Wildman–Crippen LogP) is 2.93. The lowest BCUT2D eigenvalue weighted by Crippen LogP contribution is -2.39. The SMILES string of the molecule is COC1=CCC2=C(CCN[C@H]2Cc2ccc(OC)c(O)c2)C1. The number of nitrogens with one attached hydrogen (secondary N) is 1. The van der Waals surface area contributed by atoms with Gasteiger partial charge in [-0.3, -0.25) is 0 Å². The van der Waals surface area contributed by atoms with E-state index in [0.29, 0.717) is 11.8 Å². The van der Waals surface area contributed by atoms with Crippen molar-refractivity contribution in [2.24, 2.45) is 0 Å². The Hall–Kier alpha value is -1.94. The van der Waals surface area contributed by atoms with Crippen molar-refractivity contribution in [1.29, 1.82) is 0 Å². The first-order valence-corrected chi connectivity index (χ1v) is 7.74. The molecule has 1 aliphatic heterocycles. The number of hydrogen-bond acceptors (Lipinski definition) is 4. The van der Waals surface area contributed by atoms with E-state index in [9.17, 15) is 5.11 Å². The molecular weight excluding hydrogens is 278 g/mol. The molecule has 4 nitrogen and oxygen atoms in total. The predicted molar refractivity (Wildman–Crippen MR) is 86.1 cm³/mol. The third kappa shape index (κ3) is 2.97. The lowest BCUT2D eigenvalue weighted by atomic mass is 9.83. The minimum atomic E-state index is 0.204. The number of phenolic OH excluding ortho intramolecular Hbond substituents is 1. The number of benzene rings is 1. The largest absolute Gasteiger partial charge is 0.504 e. The van der Waals surface area contributed by atoms with Crippen LogP contribution in [-0.4, -0.2) is 31.9 Å². The van der Waals surface area contributed by atoms with E-state index in [1.807, 2.05) is 12.1 Å². The first-order valence-electron chi connectivity index (χ1n) is 7.74. The standard InChI is InChI=1S/C18H23NO3/c1-21-14-4-5-15-13(11-14)7-8-19-16(15)9-12-3-6-18(22-2)17(20)10-12/h3-4,6,10,16,19-20H,5,7-9,11H2,1-2H3/t16-/m0/s1. The van der Waals surface area contributed by atoms with Gasteiger partial charge in [0.2, 0.25) is 0 Å². The van der Waals surface area contributed by atoms with Crippen LogP contribution in [0.1, 0.15) is 24.8 Å². The molecule has 0 amide bonds. The quantitative estimate of drug-likeness (QED) is 0.840. The van der Waals surface area contributed by atoms with Gasteiger partial charge in [0.15, 0.2) is 11.5 Å². The number of aromatic hydroxyl groups is 1. The summed E-state index contributed by atoms with van der Waals surface area (Å²) in [6, 6.07) is 5.99. The average molecular weight is 301 g/mol. The lowest BCUT2D eigenvalue weighted by Gasteiger charge is -2.32. The molecule has 0 saturated carbocycles. The van der Waals surface area contributed by atoms with E-state index in [1.165, 1.54) is 11.1 Å². The van der Waals surface area contributed by atoms with E-state index >= 15 is 0 Å². The molecule has 1 heterocycles. The summed E-state index contributed by atoms with van der Waals surface area (Å²) in [6.45, 7) is 1.00. The summed E-state index contributed by atoms with van der Waals surface area (Å²) >= 11 is 0. The van der Waals surface area contributed by atoms with Crippen LogP contribution < -0.4 is 10.1 Å². The van der Waals surface area contributed by atoms with Crippen LogP contribution in [0.15, 0.2) is 41.2 Å². The molecular formula is C18H23NO3. The van der Waals surface area contributed by atoms with Gasteiger partial charge in [0.1, 0.15) is 0 Å². The molecule has 2 N–H and O–H groups in total. The summed E-state index contributed by atoms with van der Waals surface area (Å²) in [6.07, 6.45) is 6.06. The van der Waals surface area contributed by atoms with E-state index in [-0.39, 0.29) is 5.75 Å². The molecule has 3 rings (SSSR count). The molecule has 0 aromatic heterocycles. The number of allylic oxidation sites excluding steroid dienone is 2. The van der Waals surface area contributed by atoms with Crippen molar-refractivity contribution in [1.82, 2.24) is 5.32 Å². The van der Waals surface area contributed by atoms with Gasteiger partial charge in [0.05, 0.1) is 20.0 Å². The molecule has 1 aromatic carbocycles. The van der Waals surface area contributed by atoms with Gasteiger partial charge in [-0.1, -0.05) is 11.6 Å². The third-order valence-electron chi connectivity index (χ3n) is 4.57. The maximum Gasteiger partial charge on any atom is 0.160 e. The summed E-state index contributed by atoms with van der Waals surface area (Å²) in [4.78, 5) is 0. The minimum absolute atomic E-state index is 0.204. The van der Waals surface area contributed by atoms with Crippen LogP contribution >= 0.6 is 0 Å². The van der Waals surface area contributed by atoms with Crippen LogP contribution in [0.4, 0.5) is 0 Å². The molecule has 0 fully saturated rings. The van der Waals surface area contributed by atoms with Gasteiger partial charge in [0, 0.05) is 12.5 Å². The Labute approximate surface area is 131 Å². The Morgan fingerprint density at radius 1 is 1.27 bits per heavy atom. The highest BCUT2D eigenvalue weighted by molar-refractivity contribution is 5.43. The van der Waals surface area contributed by atoms with E-state index < -0.39 is 0 Å². The van der Waals surface area contributed by atoms with Crippen LogP contribution in [-0.2, 0) is 11.2 Å². The Balaban J connectivity index is 1.76. The number of rotatable bonds is 4. The third-order valence-corrected chi connectivity index (χ3v) is 4.57. The van der Waals surface area contributed by atoms with Crippen molar-refractivity contribution >= 4 is 0 Å². The highest BCUT2D eigenvalue weighted by atomic mass is 16.5. The minimum Gasteiger partial charge on any atom is -0.504 e. The van der Waals surface area contributed by atoms with Crippen molar-refractivity contribution in [3.63, 3.8) is 0 Å². The van der Waals surface area contributed by atoms with Crippen LogP contribution in [0.25, 0.3) is 0 Å². The molecule has 0 spiro atoms. The molecule has 4 heteroatoms. The fraction of sp³-hybridized carbons (Fsp3) is 0.444. The second-order valence-electron chi connectivity index (χ2n) is 5.85. The Bertz CT molecular complexity index is 619. The highest BCUT2D eigenvalue weighted by Crippen LogP contribution is 2.33. The molecule has 22 heavy (non-hydrogen) atoms. The summed E-state index contributed by atoms with van der Waals surface area (Å²) in [5, 5.41) is 13.5. The molecule has 1 atom stereocenters. The van der Waals surface area contributed by atoms with E-state index in [1.54, 1.807) is 20.3 Å². The molecule has 0 unspecified atom stereocenters. The number of phenols is 1. The smallest absolute Gasteiger partial charge is 0.160 e. The van der Waals surface area contributed by atoms with Crippen molar-refractivity contribution in [3.8, 4) is 11.5 Å². The fourth-order valence-corrected chi connectivity index (χ4v) is 3.37. The van der Waals surface area contributed by atoms with Crippen LogP contribution in [0.2, 0.25) is 0 Å². The first kappa shape index (κ1) is 15.0. The Morgan fingerprint density at radius 2 is 2.14 bits per heavy atom. The average Bonchev–Trinajstić information content (AvgIpc) is 2.55. The summed E-state index contributed by atoms with van der Waals surface area (Å²) in [7, 11) is 3.31. The molecule has 118 valence electrons. The van der Waals surface area contributed by atoms with Crippen molar-refractivity contribution in [3.05, 3.63) is 46.7 Å². The van der Waals surface area contributed by atoms with Crippen LogP contribution in [0, 0.1) is 0 Å². The second-order valence-corrected chi connectivity index (χ2v) is 5.85. The molecule has 1 aliphatic carbocycles. The Kier molecular flexibility index (Phi) is 4.39. The molecule has 0 bridgehead atoms. The first-order chi connectivity index (χ1) is 10.7. The Morgan fingerprint density at radius 3 is 2.86 bits per heavy atom. The summed E-state index contributed by atoms with van der Waals surface area (Å²) in [5.41, 5.74) is 4.12. The zero-order valence-corrected chi connectivity index (χ0v) is 13.2. The maximum atomic E-state index is 9.94. The van der Waals surface area contributed by atoms with Gasteiger partial charge in [0.25, 0.3) is 0 Å². The maximum absolute atomic E-state index is 9.94. The molecule has 0 radical (unpaired) electrons. The van der Waals surface area contributed by atoms with Crippen molar-refractivity contribution in [2.45, 2.75) is 31.7 Å². The fourth-order valence-electron chi connectivity index (χ4n) is 3.37. The van der Waals surface area contributed by atoms with Gasteiger partial charge in [-0.15, -0.1) is 0 Å². The molecule has 0 saturated heterocycles. The van der Waals surface area contributed by atoms with Crippen LogP contribution in [0.3, 0.4) is 0 Å². The zero-order chi connectivity index (χ0) is 15.5. The van der Waals surface area contributed by atoms with Crippen molar-refractivity contribution in [2.75, 3.05) is 20.8 Å². The van der Waals surface area contributed by atoms with Gasteiger partial charge >= 0.3 is 0 Å². The molecule has 1 aromatic rings. The summed E-state index contributed by atoms with van der Waals surface area (Å²) < 4.78 is 10.5. The van der Waals surface area contributed by atoms with E-state index in [4.69, 9.17) is 9.47 Å². The topological polar surface area (TPSA) is 50.7 Å². The number of hydrogen-bond donors (Lipinski definition) is 2. The van der Waals surface area contributed by atoms with Crippen LogP contribution in [0.5, 0.6) is 11.5 Å². The normalized spacial score (nSPS) is 21.2. The lowest BCUT2D eigenvalue weighted by molar-refractivity contribution is 0.276. The number of ether oxygens (including phenoxy) is 2. The van der Waals surface area contributed by atoms with Gasteiger partial charge in [-0.2, -0.15) is 0 Å². The van der Waals surface area contributed by atoms with E-state index in [2.05, 4.69) is 11.4 Å². The van der Waals surface area contributed by atoms with E-state index in [0.717, 1.165) is 43.6 Å². The van der Waals surface area contributed by atoms with Gasteiger partial charge in [-0.05, 0) is 55.2 Å². The summed E-state index contributed by atoms with van der Waals surface area (Å²) in [5.74, 6) is 1.81. The second kappa shape index (κ2) is 6.44. The number of methoxy groups -OCH3 is 2.